The molecule has 0 heterocycles. The van der Waals surface area contributed by atoms with Crippen LogP contribution in [-0.4, -0.2) is 25.3 Å². The van der Waals surface area contributed by atoms with Crippen LogP contribution in [0.2, 0.25) is 0 Å². The molecule has 1 aliphatic rings. The third-order valence-electron chi connectivity index (χ3n) is 4.63. The van der Waals surface area contributed by atoms with Gasteiger partial charge in [-0.2, -0.15) is 0 Å². The van der Waals surface area contributed by atoms with Crippen molar-refractivity contribution in [3.05, 3.63) is 0 Å². The molecule has 0 bridgehead atoms. The molecule has 1 saturated carbocycles. The van der Waals surface area contributed by atoms with Crippen LogP contribution in [-0.2, 0) is 4.74 Å². The molecule has 1 N–H and O–H groups in total. The number of nitrogens with one attached hydrogen (secondary N) is 1. The third-order valence-corrected chi connectivity index (χ3v) is 4.63. The number of rotatable bonds is 10. The van der Waals surface area contributed by atoms with Crippen molar-refractivity contribution >= 4 is 0 Å². The van der Waals surface area contributed by atoms with Gasteiger partial charge in [0, 0.05) is 12.6 Å². The zero-order valence-corrected chi connectivity index (χ0v) is 14.3. The Bertz CT molecular complexity index is 240. The predicted molar refractivity (Wildman–Crippen MR) is 88.2 cm³/mol. The summed E-state index contributed by atoms with van der Waals surface area (Å²) in [6.07, 6.45) is 12.3. The van der Waals surface area contributed by atoms with E-state index in [-0.39, 0.29) is 0 Å². The van der Waals surface area contributed by atoms with Crippen LogP contribution in [0.1, 0.15) is 85.5 Å². The van der Waals surface area contributed by atoms with Gasteiger partial charge in [0.25, 0.3) is 0 Å². The minimum atomic E-state index is 0.425. The summed E-state index contributed by atoms with van der Waals surface area (Å²) < 4.78 is 6.23. The second kappa shape index (κ2) is 9.78. The quantitative estimate of drug-likeness (QED) is 0.575. The summed E-state index contributed by atoms with van der Waals surface area (Å²) in [5.41, 5.74) is 0.456. The van der Waals surface area contributed by atoms with Crippen LogP contribution in [0.25, 0.3) is 0 Å². The van der Waals surface area contributed by atoms with E-state index in [2.05, 4.69) is 33.0 Å². The van der Waals surface area contributed by atoms with Gasteiger partial charge in [0.05, 0.1) is 6.10 Å². The zero-order chi connectivity index (χ0) is 14.8. The molecule has 0 aromatic carbocycles. The van der Waals surface area contributed by atoms with Crippen molar-refractivity contribution in [2.75, 3.05) is 13.2 Å². The van der Waals surface area contributed by atoms with E-state index in [0.29, 0.717) is 17.6 Å². The molecule has 0 radical (unpaired) electrons. The highest BCUT2D eigenvalue weighted by atomic mass is 16.5. The van der Waals surface area contributed by atoms with Crippen LogP contribution in [0.5, 0.6) is 0 Å². The van der Waals surface area contributed by atoms with E-state index in [4.69, 9.17) is 4.74 Å². The van der Waals surface area contributed by atoms with Gasteiger partial charge in [-0.3, -0.25) is 0 Å². The number of hydrogen-bond donors (Lipinski definition) is 1. The fourth-order valence-electron chi connectivity index (χ4n) is 3.31. The highest BCUT2D eigenvalue weighted by Crippen LogP contribution is 2.36. The lowest BCUT2D eigenvalue weighted by atomic mass is 9.74. The van der Waals surface area contributed by atoms with E-state index in [1.54, 1.807) is 0 Å². The molecule has 2 nitrogen and oxygen atoms in total. The number of unbranched alkanes of at least 4 members (excludes halogenated alkanes) is 5. The monoisotopic (exact) mass is 283 g/mol. The molecule has 0 spiro atoms. The van der Waals surface area contributed by atoms with Crippen molar-refractivity contribution in [2.24, 2.45) is 5.41 Å². The van der Waals surface area contributed by atoms with Crippen molar-refractivity contribution < 1.29 is 4.74 Å². The molecule has 0 aromatic heterocycles. The van der Waals surface area contributed by atoms with E-state index >= 15 is 0 Å². The fraction of sp³-hybridized carbons (Fsp3) is 1.00. The average Bonchev–Trinajstić information content (AvgIpc) is 2.40. The van der Waals surface area contributed by atoms with Gasteiger partial charge in [0.1, 0.15) is 0 Å². The molecule has 2 heteroatoms. The highest BCUT2D eigenvalue weighted by Gasteiger charge is 2.34. The molecule has 0 aliphatic heterocycles. The minimum absolute atomic E-state index is 0.425. The van der Waals surface area contributed by atoms with Crippen molar-refractivity contribution in [3.63, 3.8) is 0 Å². The van der Waals surface area contributed by atoms with Crippen molar-refractivity contribution in [1.29, 1.82) is 0 Å². The molecular weight excluding hydrogens is 246 g/mol. The molecule has 120 valence electrons. The summed E-state index contributed by atoms with van der Waals surface area (Å²) in [6, 6.07) is 0.577. The Labute approximate surface area is 127 Å². The Kier molecular flexibility index (Phi) is 8.79. The Hall–Kier alpha value is -0.0800. The molecule has 0 amide bonds. The van der Waals surface area contributed by atoms with Crippen LogP contribution in [0, 0.1) is 5.41 Å². The summed E-state index contributed by atoms with van der Waals surface area (Å²) in [4.78, 5) is 0. The molecule has 0 aromatic rings. The Morgan fingerprint density at radius 2 is 1.75 bits per heavy atom. The molecule has 2 unspecified atom stereocenters. The van der Waals surface area contributed by atoms with Crippen LogP contribution >= 0.6 is 0 Å². The molecule has 1 rings (SSSR count). The first-order chi connectivity index (χ1) is 9.59. The lowest BCUT2D eigenvalue weighted by molar-refractivity contribution is -0.0290. The summed E-state index contributed by atoms with van der Waals surface area (Å²) in [5.74, 6) is 0. The van der Waals surface area contributed by atoms with Crippen LogP contribution < -0.4 is 5.32 Å². The predicted octanol–water partition coefficient (Wildman–Crippen LogP) is 4.92. The largest absolute Gasteiger partial charge is 0.377 e. The van der Waals surface area contributed by atoms with Gasteiger partial charge in [-0.1, -0.05) is 59.8 Å². The maximum absolute atomic E-state index is 6.23. The lowest BCUT2D eigenvalue weighted by Crippen LogP contribution is -2.47. The van der Waals surface area contributed by atoms with E-state index in [1.807, 2.05) is 0 Å². The molecule has 0 saturated heterocycles. The fourth-order valence-corrected chi connectivity index (χ4v) is 3.31. The lowest BCUT2D eigenvalue weighted by Gasteiger charge is -2.41. The summed E-state index contributed by atoms with van der Waals surface area (Å²) in [5, 5.41) is 3.62. The Balaban J connectivity index is 2.20. The summed E-state index contributed by atoms with van der Waals surface area (Å²) in [7, 11) is 0. The highest BCUT2D eigenvalue weighted by molar-refractivity contribution is 4.89. The van der Waals surface area contributed by atoms with Crippen LogP contribution in [0.3, 0.4) is 0 Å². The van der Waals surface area contributed by atoms with Crippen LogP contribution in [0.4, 0.5) is 0 Å². The maximum Gasteiger partial charge on any atom is 0.0733 e. The molecule has 1 fully saturated rings. The van der Waals surface area contributed by atoms with Crippen molar-refractivity contribution in [1.82, 2.24) is 5.32 Å². The first-order valence-electron chi connectivity index (χ1n) is 8.94. The number of hydrogen-bond acceptors (Lipinski definition) is 2. The number of likely N-dealkylation sites (N-methyl/N-ethyl adjacent to an activating group) is 1. The first-order valence-corrected chi connectivity index (χ1v) is 8.94. The SMILES string of the molecule is CCCCCCCCOC1CC(C)(C)CCC1NCC. The smallest absolute Gasteiger partial charge is 0.0733 e. The van der Waals surface area contributed by atoms with Gasteiger partial charge < -0.3 is 10.1 Å². The third kappa shape index (κ3) is 7.08. The van der Waals surface area contributed by atoms with Gasteiger partial charge in [-0.05, 0) is 37.6 Å². The zero-order valence-electron chi connectivity index (χ0n) is 14.3. The Morgan fingerprint density at radius 3 is 2.45 bits per heavy atom. The van der Waals surface area contributed by atoms with Gasteiger partial charge in [0.15, 0.2) is 0 Å². The molecule has 20 heavy (non-hydrogen) atoms. The standard InChI is InChI=1S/C18H37NO/c1-5-7-8-9-10-11-14-20-17-15-18(3,4)13-12-16(17)19-6-2/h16-17,19H,5-15H2,1-4H3. The first kappa shape index (κ1) is 18.0. The van der Waals surface area contributed by atoms with Gasteiger partial charge in [0.2, 0.25) is 0 Å². The van der Waals surface area contributed by atoms with E-state index in [9.17, 15) is 0 Å². The van der Waals surface area contributed by atoms with Gasteiger partial charge in [-0.25, -0.2) is 0 Å². The molecular formula is C18H37NO. The van der Waals surface area contributed by atoms with E-state index in [0.717, 1.165) is 13.2 Å². The molecule has 2 atom stereocenters. The minimum Gasteiger partial charge on any atom is -0.377 e. The molecule has 1 aliphatic carbocycles. The second-order valence-electron chi connectivity index (χ2n) is 7.25. The van der Waals surface area contributed by atoms with E-state index < -0.39 is 0 Å². The second-order valence-corrected chi connectivity index (χ2v) is 7.25. The normalized spacial score (nSPS) is 25.8. The van der Waals surface area contributed by atoms with Gasteiger partial charge in [-0.15, -0.1) is 0 Å². The maximum atomic E-state index is 6.23. The van der Waals surface area contributed by atoms with Crippen molar-refractivity contribution in [3.8, 4) is 0 Å². The average molecular weight is 284 g/mol. The van der Waals surface area contributed by atoms with Crippen molar-refractivity contribution in [2.45, 2.75) is 97.6 Å². The summed E-state index contributed by atoms with van der Waals surface area (Å²) >= 11 is 0. The van der Waals surface area contributed by atoms with Crippen LogP contribution in [0.15, 0.2) is 0 Å². The van der Waals surface area contributed by atoms with Gasteiger partial charge >= 0.3 is 0 Å². The topological polar surface area (TPSA) is 21.3 Å². The summed E-state index contributed by atoms with van der Waals surface area (Å²) in [6.45, 7) is 11.3. The Morgan fingerprint density at radius 1 is 1.05 bits per heavy atom. The van der Waals surface area contributed by atoms with E-state index in [1.165, 1.54) is 57.8 Å². The number of ether oxygens (including phenoxy) is 1.